The quantitative estimate of drug-likeness (QED) is 0.633. The molecule has 2 heterocycles. The Hall–Kier alpha value is -1.88. The summed E-state index contributed by atoms with van der Waals surface area (Å²) < 4.78 is 13.3. The second-order valence-electron chi connectivity index (χ2n) is 4.59. The maximum absolute atomic E-state index is 13.3. The number of hydrogen-bond acceptors (Lipinski definition) is 4. The highest BCUT2D eigenvalue weighted by molar-refractivity contribution is 8.02. The lowest BCUT2D eigenvalue weighted by molar-refractivity contribution is 0.626. The van der Waals surface area contributed by atoms with Gasteiger partial charge in [-0.25, -0.2) is 14.4 Å². The van der Waals surface area contributed by atoms with Gasteiger partial charge in [0.15, 0.2) is 0 Å². The Kier molecular flexibility index (Phi) is 3.44. The van der Waals surface area contributed by atoms with Crippen LogP contribution in [0, 0.1) is 12.7 Å². The van der Waals surface area contributed by atoms with Crippen LogP contribution in [0.2, 0.25) is 0 Å². The Labute approximate surface area is 121 Å². The van der Waals surface area contributed by atoms with Crippen LogP contribution in [0.15, 0.2) is 41.5 Å². The van der Waals surface area contributed by atoms with Gasteiger partial charge in [-0.1, -0.05) is 18.3 Å². The van der Waals surface area contributed by atoms with E-state index >= 15 is 0 Å². The molecule has 2 aromatic rings. The van der Waals surface area contributed by atoms with Crippen molar-refractivity contribution in [2.75, 3.05) is 11.4 Å². The molecule has 0 fully saturated rings. The monoisotopic (exact) mass is 287 g/mol. The summed E-state index contributed by atoms with van der Waals surface area (Å²) in [7, 11) is 0. The Morgan fingerprint density at radius 1 is 1.40 bits per heavy atom. The first-order valence-corrected chi connectivity index (χ1v) is 7.24. The molecule has 0 bridgehead atoms. The van der Waals surface area contributed by atoms with Gasteiger partial charge in [-0.2, -0.15) is 0 Å². The van der Waals surface area contributed by atoms with Gasteiger partial charge in [0.05, 0.1) is 0 Å². The van der Waals surface area contributed by atoms with E-state index in [0.29, 0.717) is 0 Å². The first-order chi connectivity index (χ1) is 9.70. The molecule has 0 atom stereocenters. The first-order valence-electron chi connectivity index (χ1n) is 6.36. The fourth-order valence-corrected chi connectivity index (χ4v) is 3.02. The molecule has 0 aliphatic carbocycles. The van der Waals surface area contributed by atoms with Crippen LogP contribution in [0.1, 0.15) is 11.1 Å². The molecule has 3 rings (SSSR count). The molecule has 0 spiro atoms. The average molecular weight is 287 g/mol. The summed E-state index contributed by atoms with van der Waals surface area (Å²) in [4.78, 5) is 10.8. The number of fused-ring (bicyclic) bond motifs is 1. The van der Waals surface area contributed by atoms with Gasteiger partial charge < -0.3 is 4.90 Å². The number of benzene rings is 1. The lowest BCUT2D eigenvalue weighted by atomic mass is 10.1. The van der Waals surface area contributed by atoms with E-state index in [1.807, 2.05) is 13.0 Å². The predicted octanol–water partition coefficient (Wildman–Crippen LogP) is 3.85. The summed E-state index contributed by atoms with van der Waals surface area (Å²) in [5.41, 5.74) is 3.08. The molecule has 0 radical (unpaired) electrons. The smallest absolute Gasteiger partial charge is 0.140 e. The Balaban J connectivity index is 2.04. The van der Waals surface area contributed by atoms with Gasteiger partial charge in [-0.15, -0.1) is 0 Å². The predicted molar refractivity (Wildman–Crippen MR) is 79.9 cm³/mol. The first kappa shape index (κ1) is 13.1. The van der Waals surface area contributed by atoms with Crippen molar-refractivity contribution in [3.63, 3.8) is 0 Å². The third-order valence-electron chi connectivity index (χ3n) is 3.40. The fourth-order valence-electron chi connectivity index (χ4n) is 2.49. The summed E-state index contributed by atoms with van der Waals surface area (Å²) >= 11 is 1.48. The van der Waals surface area contributed by atoms with Crippen molar-refractivity contribution in [3.05, 3.63) is 53.5 Å². The average Bonchev–Trinajstić information content (AvgIpc) is 2.84. The molecule has 0 saturated carbocycles. The van der Waals surface area contributed by atoms with Crippen LogP contribution in [-0.2, 0) is 6.42 Å². The summed E-state index contributed by atoms with van der Waals surface area (Å²) in [6.45, 7) is 6.53. The van der Waals surface area contributed by atoms with Gasteiger partial charge >= 0.3 is 0 Å². The highest BCUT2D eigenvalue weighted by Crippen LogP contribution is 2.37. The van der Waals surface area contributed by atoms with Crippen molar-refractivity contribution in [2.24, 2.45) is 0 Å². The van der Waals surface area contributed by atoms with E-state index in [1.54, 1.807) is 17.8 Å². The second-order valence-corrected chi connectivity index (χ2v) is 5.54. The van der Waals surface area contributed by atoms with Crippen molar-refractivity contribution in [3.8, 4) is 0 Å². The van der Waals surface area contributed by atoms with Crippen LogP contribution in [0.3, 0.4) is 0 Å². The molecule has 0 saturated heterocycles. The number of hydrogen-bond donors (Lipinski definition) is 0. The molecule has 5 heteroatoms. The third kappa shape index (κ3) is 2.18. The van der Waals surface area contributed by atoms with Gasteiger partial charge in [-0.3, -0.25) is 0 Å². The molecular formula is C15H14FN3S. The van der Waals surface area contributed by atoms with Crippen LogP contribution >= 0.6 is 11.8 Å². The minimum atomic E-state index is -0.187. The zero-order chi connectivity index (χ0) is 14.1. The van der Waals surface area contributed by atoms with Gasteiger partial charge in [0, 0.05) is 17.8 Å². The van der Waals surface area contributed by atoms with E-state index in [4.69, 9.17) is 0 Å². The molecule has 1 aliphatic heterocycles. The van der Waals surface area contributed by atoms with Crippen molar-refractivity contribution in [2.45, 2.75) is 18.4 Å². The van der Waals surface area contributed by atoms with E-state index in [-0.39, 0.29) is 5.82 Å². The number of aromatic nitrogens is 2. The minimum Gasteiger partial charge on any atom is -0.325 e. The molecule has 20 heavy (non-hydrogen) atoms. The van der Waals surface area contributed by atoms with E-state index in [0.717, 1.165) is 40.6 Å². The minimum absolute atomic E-state index is 0.187. The van der Waals surface area contributed by atoms with Crippen molar-refractivity contribution >= 4 is 23.3 Å². The standard InChI is InChI=1S/C15H14FN3S/c1-3-20-15-10(2)14(17-9-18-15)19-7-6-11-8-12(16)4-5-13(11)19/h3-5,8-9H,1,6-7H2,2H3. The van der Waals surface area contributed by atoms with E-state index < -0.39 is 0 Å². The van der Waals surface area contributed by atoms with E-state index in [1.165, 1.54) is 17.8 Å². The van der Waals surface area contributed by atoms with E-state index in [2.05, 4.69) is 21.4 Å². The van der Waals surface area contributed by atoms with Crippen LogP contribution in [0.25, 0.3) is 0 Å². The highest BCUT2D eigenvalue weighted by Gasteiger charge is 2.24. The van der Waals surface area contributed by atoms with Gasteiger partial charge in [0.25, 0.3) is 0 Å². The summed E-state index contributed by atoms with van der Waals surface area (Å²) in [6, 6.07) is 4.91. The molecule has 0 amide bonds. The molecule has 0 N–H and O–H groups in total. The van der Waals surface area contributed by atoms with Gasteiger partial charge in [-0.05, 0) is 42.5 Å². The zero-order valence-corrected chi connectivity index (χ0v) is 12.0. The number of anilines is 2. The van der Waals surface area contributed by atoms with Crippen LogP contribution < -0.4 is 4.90 Å². The number of rotatable bonds is 3. The Morgan fingerprint density at radius 3 is 3.05 bits per heavy atom. The van der Waals surface area contributed by atoms with Crippen molar-refractivity contribution in [1.82, 2.24) is 9.97 Å². The van der Waals surface area contributed by atoms with Crippen LogP contribution in [0.5, 0.6) is 0 Å². The largest absolute Gasteiger partial charge is 0.325 e. The van der Waals surface area contributed by atoms with E-state index in [9.17, 15) is 4.39 Å². The van der Waals surface area contributed by atoms with Crippen LogP contribution in [-0.4, -0.2) is 16.5 Å². The summed E-state index contributed by atoms with van der Waals surface area (Å²) in [6.07, 6.45) is 2.40. The number of thioether (sulfide) groups is 1. The maximum Gasteiger partial charge on any atom is 0.140 e. The number of nitrogens with zero attached hydrogens (tertiary/aromatic N) is 3. The fraction of sp³-hybridized carbons (Fsp3) is 0.200. The molecule has 1 aliphatic rings. The van der Waals surface area contributed by atoms with Crippen molar-refractivity contribution in [1.29, 1.82) is 0 Å². The van der Waals surface area contributed by atoms with Gasteiger partial charge in [0.1, 0.15) is 23.0 Å². The number of halogens is 1. The maximum atomic E-state index is 13.3. The van der Waals surface area contributed by atoms with Gasteiger partial charge in [0.2, 0.25) is 0 Å². The zero-order valence-electron chi connectivity index (χ0n) is 11.1. The highest BCUT2D eigenvalue weighted by atomic mass is 32.2. The normalized spacial score (nSPS) is 13.4. The Morgan fingerprint density at radius 2 is 2.25 bits per heavy atom. The lowest BCUT2D eigenvalue weighted by Gasteiger charge is -2.21. The molecule has 1 aromatic heterocycles. The second kappa shape index (κ2) is 5.25. The van der Waals surface area contributed by atoms with Crippen molar-refractivity contribution < 1.29 is 4.39 Å². The molecule has 1 aromatic carbocycles. The molecular weight excluding hydrogens is 273 g/mol. The lowest BCUT2D eigenvalue weighted by Crippen LogP contribution is -2.16. The Bertz CT molecular complexity index is 672. The molecule has 102 valence electrons. The summed E-state index contributed by atoms with van der Waals surface area (Å²) in [5.74, 6) is 0.697. The summed E-state index contributed by atoms with van der Waals surface area (Å²) in [5, 5.41) is 2.66. The van der Waals surface area contributed by atoms with Crippen LogP contribution in [0.4, 0.5) is 15.9 Å². The third-order valence-corrected chi connectivity index (χ3v) is 4.20. The SMILES string of the molecule is C=CSc1ncnc(N2CCc3cc(F)ccc32)c1C. The molecule has 3 nitrogen and oxygen atoms in total. The molecule has 0 unspecified atom stereocenters. The topological polar surface area (TPSA) is 29.0 Å².